The summed E-state index contributed by atoms with van der Waals surface area (Å²) in [5.74, 6) is -0.809. The van der Waals surface area contributed by atoms with E-state index in [1.54, 1.807) is 48.5 Å². The minimum absolute atomic E-state index is 0.309. The van der Waals surface area contributed by atoms with E-state index in [9.17, 15) is 19.2 Å². The number of carbonyl (C=O) groups excluding carboxylic acids is 4. The molecule has 1 fully saturated rings. The van der Waals surface area contributed by atoms with Crippen LogP contribution in [-0.2, 0) is 19.1 Å². The average molecular weight is 476 g/mol. The molecule has 7 nitrogen and oxygen atoms in total. The Morgan fingerprint density at radius 2 is 1.69 bits per heavy atom. The maximum absolute atomic E-state index is 12.9. The second kappa shape index (κ2) is 11.3. The zero-order valence-electron chi connectivity index (χ0n) is 17.3. The highest BCUT2D eigenvalue weighted by molar-refractivity contribution is 8.14. The second-order valence-electron chi connectivity index (χ2n) is 7.19. The molecular formula is C23H22ClNO6S. The molecule has 0 aliphatic carbocycles. The molecule has 1 saturated heterocycles. The Balaban J connectivity index is 1.63. The van der Waals surface area contributed by atoms with Crippen molar-refractivity contribution < 1.29 is 28.7 Å². The number of hydrogen-bond donors (Lipinski definition) is 1. The number of nitrogens with one attached hydrogen (secondary N) is 1. The first-order valence-corrected chi connectivity index (χ1v) is 11.3. The summed E-state index contributed by atoms with van der Waals surface area (Å²) in [7, 11) is 0. The van der Waals surface area contributed by atoms with Gasteiger partial charge in [0.2, 0.25) is 0 Å². The zero-order valence-corrected chi connectivity index (χ0v) is 18.9. The molecule has 1 heterocycles. The Morgan fingerprint density at radius 3 is 2.25 bits per heavy atom. The summed E-state index contributed by atoms with van der Waals surface area (Å²) >= 11 is 6.60. The summed E-state index contributed by atoms with van der Waals surface area (Å²) in [5, 5.41) is 2.23. The largest absolute Gasteiger partial charge is 0.457 e. The summed E-state index contributed by atoms with van der Waals surface area (Å²) < 4.78 is 10.6. The molecule has 1 N–H and O–H groups in total. The monoisotopic (exact) mass is 475 g/mol. The Labute approximate surface area is 194 Å². The van der Waals surface area contributed by atoms with Crippen LogP contribution in [0, 0.1) is 0 Å². The van der Waals surface area contributed by atoms with Crippen LogP contribution in [0.1, 0.15) is 36.5 Å². The molecule has 1 aliphatic rings. The van der Waals surface area contributed by atoms with Gasteiger partial charge in [-0.2, -0.15) is 0 Å². The molecule has 2 aromatic rings. The van der Waals surface area contributed by atoms with Gasteiger partial charge in [0.05, 0.1) is 11.7 Å². The summed E-state index contributed by atoms with van der Waals surface area (Å²) in [6.45, 7) is 2.00. The molecule has 2 atom stereocenters. The molecule has 9 heteroatoms. The van der Waals surface area contributed by atoms with Gasteiger partial charge in [-0.25, -0.2) is 4.79 Å². The number of ether oxygens (including phenoxy) is 2. The van der Waals surface area contributed by atoms with Crippen LogP contribution >= 0.6 is 23.4 Å². The summed E-state index contributed by atoms with van der Waals surface area (Å²) in [5.41, 5.74) is 0.309. The first kappa shape index (κ1) is 24.0. The van der Waals surface area contributed by atoms with Crippen LogP contribution in [0.4, 0.5) is 0 Å². The van der Waals surface area contributed by atoms with E-state index < -0.39 is 29.0 Å². The third-order valence-corrected chi connectivity index (χ3v) is 5.95. The number of carbonyl (C=O) groups is 4. The molecule has 2 aromatic carbocycles. The van der Waals surface area contributed by atoms with Gasteiger partial charge in [0.15, 0.2) is 10.9 Å². The van der Waals surface area contributed by atoms with Gasteiger partial charge in [0.1, 0.15) is 17.5 Å². The molecule has 0 aromatic heterocycles. The van der Waals surface area contributed by atoms with Gasteiger partial charge in [0, 0.05) is 17.5 Å². The highest BCUT2D eigenvalue weighted by atomic mass is 35.5. The Hall–Kier alpha value is -2.68. The summed E-state index contributed by atoms with van der Waals surface area (Å²) in [6.07, 6.45) is 1.04. The highest BCUT2D eigenvalue weighted by Crippen LogP contribution is 2.26. The summed E-state index contributed by atoms with van der Waals surface area (Å²) in [6, 6.07) is 12.7. The fourth-order valence-electron chi connectivity index (χ4n) is 3.16. The van der Waals surface area contributed by atoms with E-state index in [1.165, 1.54) is 6.92 Å². The molecule has 0 spiro atoms. The molecular weight excluding hydrogens is 454 g/mol. The lowest BCUT2D eigenvalue weighted by molar-refractivity contribution is -0.160. The number of rotatable bonds is 8. The SMILES string of the molecule is CC(=O)SC(CC(=O)OC(=O)[C@@H]1CCCN1)C(=O)c1ccc(Oc2ccc(Cl)cc2)cc1. The average Bonchev–Trinajstić information content (AvgIpc) is 3.30. The number of thioether (sulfide) groups is 1. The van der Waals surface area contributed by atoms with Crippen LogP contribution in [-0.4, -0.2) is 40.7 Å². The number of halogens is 1. The molecule has 1 aliphatic heterocycles. The van der Waals surface area contributed by atoms with E-state index in [0.717, 1.165) is 18.2 Å². The number of benzene rings is 2. The molecule has 1 unspecified atom stereocenters. The lowest BCUT2D eigenvalue weighted by atomic mass is 10.1. The van der Waals surface area contributed by atoms with E-state index in [2.05, 4.69) is 5.32 Å². The van der Waals surface area contributed by atoms with Crippen LogP contribution < -0.4 is 10.1 Å². The van der Waals surface area contributed by atoms with Gasteiger partial charge in [0.25, 0.3) is 0 Å². The van der Waals surface area contributed by atoms with Gasteiger partial charge in [-0.1, -0.05) is 23.4 Å². The minimum atomic E-state index is -0.993. The zero-order chi connectivity index (χ0) is 23.1. The van der Waals surface area contributed by atoms with Crippen molar-refractivity contribution in [1.29, 1.82) is 0 Å². The first-order valence-electron chi connectivity index (χ1n) is 10.0. The number of Topliss-reactive ketones (excluding diaryl/α,β-unsaturated/α-hetero) is 1. The van der Waals surface area contributed by atoms with Crippen LogP contribution in [0.15, 0.2) is 48.5 Å². The number of esters is 2. The van der Waals surface area contributed by atoms with Gasteiger partial charge >= 0.3 is 11.9 Å². The van der Waals surface area contributed by atoms with Crippen molar-refractivity contribution in [2.24, 2.45) is 0 Å². The van der Waals surface area contributed by atoms with Crippen molar-refractivity contribution in [3.05, 3.63) is 59.1 Å². The van der Waals surface area contributed by atoms with E-state index >= 15 is 0 Å². The molecule has 0 saturated carbocycles. The maximum atomic E-state index is 12.9. The summed E-state index contributed by atoms with van der Waals surface area (Å²) in [4.78, 5) is 48.8. The van der Waals surface area contributed by atoms with Crippen molar-refractivity contribution in [2.75, 3.05) is 6.54 Å². The van der Waals surface area contributed by atoms with Crippen LogP contribution in [0.5, 0.6) is 11.5 Å². The first-order chi connectivity index (χ1) is 15.3. The third kappa shape index (κ3) is 6.91. The molecule has 32 heavy (non-hydrogen) atoms. The van der Waals surface area contributed by atoms with E-state index in [0.29, 0.717) is 35.1 Å². The van der Waals surface area contributed by atoms with Gasteiger partial charge in [-0.3, -0.25) is 14.4 Å². The van der Waals surface area contributed by atoms with Crippen molar-refractivity contribution in [3.63, 3.8) is 0 Å². The quantitative estimate of drug-likeness (QED) is 0.345. The third-order valence-electron chi connectivity index (χ3n) is 4.70. The maximum Gasteiger partial charge on any atom is 0.330 e. The lowest BCUT2D eigenvalue weighted by Gasteiger charge is -2.14. The topological polar surface area (TPSA) is 98.8 Å². The fraction of sp³-hybridized carbons (Fsp3) is 0.304. The van der Waals surface area contributed by atoms with Crippen LogP contribution in [0.25, 0.3) is 0 Å². The van der Waals surface area contributed by atoms with Crippen molar-refractivity contribution >= 4 is 46.2 Å². The normalized spacial score (nSPS) is 16.2. The van der Waals surface area contributed by atoms with Crippen molar-refractivity contribution in [3.8, 4) is 11.5 Å². The molecule has 0 amide bonds. The Kier molecular flexibility index (Phi) is 8.44. The highest BCUT2D eigenvalue weighted by Gasteiger charge is 2.30. The van der Waals surface area contributed by atoms with Gasteiger partial charge in [-0.05, 0) is 67.9 Å². The van der Waals surface area contributed by atoms with Crippen molar-refractivity contribution in [1.82, 2.24) is 5.32 Å². The van der Waals surface area contributed by atoms with Crippen LogP contribution in [0.2, 0.25) is 5.02 Å². The molecule has 0 radical (unpaired) electrons. The lowest BCUT2D eigenvalue weighted by Crippen LogP contribution is -2.35. The van der Waals surface area contributed by atoms with Crippen molar-refractivity contribution in [2.45, 2.75) is 37.5 Å². The second-order valence-corrected chi connectivity index (χ2v) is 9.00. The fourth-order valence-corrected chi connectivity index (χ4v) is 4.15. The standard InChI is InChI=1S/C23H22ClNO6S/c1-14(26)32-20(13-21(27)31-23(29)19-3-2-12-25-19)22(28)15-4-8-17(9-5-15)30-18-10-6-16(24)7-11-18/h4-11,19-20,25H,2-3,12-13H2,1H3/t19-,20?/m0/s1. The number of ketones is 1. The van der Waals surface area contributed by atoms with E-state index in [-0.39, 0.29) is 11.5 Å². The minimum Gasteiger partial charge on any atom is -0.457 e. The molecule has 0 bridgehead atoms. The van der Waals surface area contributed by atoms with E-state index in [1.807, 2.05) is 0 Å². The Bertz CT molecular complexity index is 987. The van der Waals surface area contributed by atoms with E-state index in [4.69, 9.17) is 21.1 Å². The predicted molar refractivity (Wildman–Crippen MR) is 121 cm³/mol. The molecule has 3 rings (SSSR count). The predicted octanol–water partition coefficient (Wildman–Crippen LogP) is 4.18. The van der Waals surface area contributed by atoms with Crippen LogP contribution in [0.3, 0.4) is 0 Å². The smallest absolute Gasteiger partial charge is 0.330 e. The van der Waals surface area contributed by atoms with Gasteiger partial charge in [-0.15, -0.1) is 0 Å². The molecule has 168 valence electrons. The number of hydrogen-bond acceptors (Lipinski definition) is 8. The Morgan fingerprint density at radius 1 is 1.06 bits per heavy atom. The van der Waals surface area contributed by atoms with Gasteiger partial charge < -0.3 is 14.8 Å².